The Morgan fingerprint density at radius 1 is 0.828 bits per heavy atom. The number of benzene rings is 2. The Morgan fingerprint density at radius 3 is 1.62 bits per heavy atom. The van der Waals surface area contributed by atoms with Crippen LogP contribution in [0.1, 0.15) is 34.6 Å². The van der Waals surface area contributed by atoms with E-state index in [4.69, 9.17) is 9.47 Å². The lowest BCUT2D eigenvalue weighted by molar-refractivity contribution is -0.385. The zero-order valence-electron chi connectivity index (χ0n) is 15.6. The number of esters is 2. The number of nitro benzene ring substituents is 2. The summed E-state index contributed by atoms with van der Waals surface area (Å²) >= 11 is 0. The zero-order valence-corrected chi connectivity index (χ0v) is 15.6. The Hall–Kier alpha value is -3.82. The van der Waals surface area contributed by atoms with Gasteiger partial charge in [0.1, 0.15) is 12.7 Å². The van der Waals surface area contributed by atoms with Crippen molar-refractivity contribution in [3.05, 3.63) is 79.9 Å². The molecule has 0 aliphatic heterocycles. The topological polar surface area (TPSA) is 139 Å². The molecule has 0 fully saturated rings. The number of nitrogens with zero attached hydrogens (tertiary/aromatic N) is 2. The van der Waals surface area contributed by atoms with Crippen molar-refractivity contribution in [1.82, 2.24) is 0 Å². The van der Waals surface area contributed by atoms with Crippen LogP contribution >= 0.6 is 0 Å². The van der Waals surface area contributed by atoms with Gasteiger partial charge in [-0.15, -0.1) is 0 Å². The Morgan fingerprint density at radius 2 is 1.24 bits per heavy atom. The minimum atomic E-state index is -0.750. The van der Waals surface area contributed by atoms with Crippen LogP contribution < -0.4 is 0 Å². The second kappa shape index (κ2) is 9.40. The van der Waals surface area contributed by atoms with Crippen molar-refractivity contribution in [2.75, 3.05) is 6.61 Å². The SMILES string of the molecule is CC(C)[C@@H](COC(=O)c1ccc([N+](=O)[O-])cc1)OC(=O)c1ccc([N+](=O)[O-])cc1. The number of non-ortho nitro benzene ring substituents is 2. The van der Waals surface area contributed by atoms with Gasteiger partial charge in [-0.1, -0.05) is 13.8 Å². The Kier molecular flexibility index (Phi) is 6.96. The zero-order chi connectivity index (χ0) is 21.6. The van der Waals surface area contributed by atoms with Gasteiger partial charge in [0.05, 0.1) is 21.0 Å². The quantitative estimate of drug-likeness (QED) is 0.371. The lowest BCUT2D eigenvalue weighted by Gasteiger charge is -2.21. The van der Waals surface area contributed by atoms with Crippen molar-refractivity contribution in [2.24, 2.45) is 5.92 Å². The van der Waals surface area contributed by atoms with E-state index in [-0.39, 0.29) is 35.0 Å². The summed E-state index contributed by atoms with van der Waals surface area (Å²) in [6.07, 6.45) is -0.750. The molecule has 0 aromatic heterocycles. The molecular formula is C19H18N2O8. The second-order valence-electron chi connectivity index (χ2n) is 6.39. The molecule has 2 rings (SSSR count). The molecule has 152 valence electrons. The first kappa shape index (κ1) is 21.5. The maximum atomic E-state index is 12.3. The molecule has 0 amide bonds. The third kappa shape index (κ3) is 5.83. The fourth-order valence-corrected chi connectivity index (χ4v) is 2.25. The van der Waals surface area contributed by atoms with Crippen LogP contribution in [0, 0.1) is 26.1 Å². The van der Waals surface area contributed by atoms with Gasteiger partial charge in [0.15, 0.2) is 0 Å². The summed E-state index contributed by atoms with van der Waals surface area (Å²) in [7, 11) is 0. The van der Waals surface area contributed by atoms with E-state index in [1.165, 1.54) is 48.5 Å². The maximum absolute atomic E-state index is 12.3. The fraction of sp³-hybridized carbons (Fsp3) is 0.263. The van der Waals surface area contributed by atoms with Gasteiger partial charge in [0.2, 0.25) is 0 Å². The van der Waals surface area contributed by atoms with E-state index in [2.05, 4.69) is 0 Å². The molecule has 2 aromatic carbocycles. The number of carbonyl (C=O) groups excluding carboxylic acids is 2. The van der Waals surface area contributed by atoms with Crippen LogP contribution in [0.5, 0.6) is 0 Å². The number of carbonyl (C=O) groups is 2. The molecule has 0 radical (unpaired) electrons. The molecule has 0 N–H and O–H groups in total. The first-order chi connectivity index (χ1) is 13.7. The molecule has 0 aliphatic rings. The third-order valence-electron chi connectivity index (χ3n) is 4.01. The summed E-state index contributed by atoms with van der Waals surface area (Å²) < 4.78 is 10.5. The monoisotopic (exact) mass is 402 g/mol. The fourth-order valence-electron chi connectivity index (χ4n) is 2.25. The van der Waals surface area contributed by atoms with Crippen molar-refractivity contribution in [1.29, 1.82) is 0 Å². The van der Waals surface area contributed by atoms with Gasteiger partial charge >= 0.3 is 11.9 Å². The van der Waals surface area contributed by atoms with E-state index in [0.29, 0.717) is 0 Å². The van der Waals surface area contributed by atoms with Crippen molar-refractivity contribution < 1.29 is 28.9 Å². The average Bonchev–Trinajstić information content (AvgIpc) is 2.70. The third-order valence-corrected chi connectivity index (χ3v) is 4.01. The van der Waals surface area contributed by atoms with Crippen LogP contribution in [0.25, 0.3) is 0 Å². The number of ether oxygens (including phenoxy) is 2. The van der Waals surface area contributed by atoms with Crippen LogP contribution in [0.2, 0.25) is 0 Å². The minimum Gasteiger partial charge on any atom is -0.458 e. The standard InChI is InChI=1S/C19H18N2O8/c1-12(2)17(29-19(23)14-5-9-16(10-6-14)21(26)27)11-28-18(22)13-3-7-15(8-4-13)20(24)25/h3-10,12,17H,11H2,1-2H3/t17-/m1/s1. The van der Waals surface area contributed by atoms with Crippen molar-refractivity contribution in [3.8, 4) is 0 Å². The first-order valence-electron chi connectivity index (χ1n) is 8.56. The van der Waals surface area contributed by atoms with Gasteiger partial charge < -0.3 is 9.47 Å². The predicted octanol–water partition coefficient (Wildman–Crippen LogP) is 3.54. The molecule has 29 heavy (non-hydrogen) atoms. The van der Waals surface area contributed by atoms with Crippen molar-refractivity contribution in [2.45, 2.75) is 20.0 Å². The number of rotatable bonds is 8. The Bertz CT molecular complexity index is 907. The van der Waals surface area contributed by atoms with E-state index in [0.717, 1.165) is 0 Å². The molecule has 0 bridgehead atoms. The molecule has 0 spiro atoms. The molecular weight excluding hydrogens is 384 g/mol. The highest BCUT2D eigenvalue weighted by Gasteiger charge is 2.22. The highest BCUT2D eigenvalue weighted by atomic mass is 16.6. The van der Waals surface area contributed by atoms with Crippen molar-refractivity contribution >= 4 is 23.3 Å². The smallest absolute Gasteiger partial charge is 0.338 e. The predicted molar refractivity (Wildman–Crippen MR) is 101 cm³/mol. The normalized spacial score (nSPS) is 11.6. The summed E-state index contributed by atoms with van der Waals surface area (Å²) in [6, 6.07) is 9.85. The van der Waals surface area contributed by atoms with Gasteiger partial charge in [-0.25, -0.2) is 9.59 Å². The van der Waals surface area contributed by atoms with Gasteiger partial charge in [-0.3, -0.25) is 20.2 Å². The van der Waals surface area contributed by atoms with Crippen LogP contribution in [0.3, 0.4) is 0 Å². The van der Waals surface area contributed by atoms with Gasteiger partial charge in [0.25, 0.3) is 11.4 Å². The maximum Gasteiger partial charge on any atom is 0.338 e. The Balaban J connectivity index is 1.98. The van der Waals surface area contributed by atoms with Gasteiger partial charge in [-0.2, -0.15) is 0 Å². The minimum absolute atomic E-state index is 0.125. The summed E-state index contributed by atoms with van der Waals surface area (Å²) in [4.78, 5) is 44.5. The summed E-state index contributed by atoms with van der Waals surface area (Å²) in [5.41, 5.74) is -0.0552. The van der Waals surface area contributed by atoms with E-state index >= 15 is 0 Å². The van der Waals surface area contributed by atoms with Crippen LogP contribution in [-0.2, 0) is 9.47 Å². The highest BCUT2D eigenvalue weighted by Crippen LogP contribution is 2.17. The summed E-state index contributed by atoms with van der Waals surface area (Å²) in [5.74, 6) is -1.59. The van der Waals surface area contributed by atoms with Gasteiger partial charge in [0, 0.05) is 24.3 Å². The highest BCUT2D eigenvalue weighted by molar-refractivity contribution is 5.90. The molecule has 0 unspecified atom stereocenters. The van der Waals surface area contributed by atoms with Crippen LogP contribution in [-0.4, -0.2) is 34.5 Å². The van der Waals surface area contributed by atoms with Gasteiger partial charge in [-0.05, 0) is 30.2 Å². The number of hydrogen-bond acceptors (Lipinski definition) is 8. The molecule has 2 aromatic rings. The summed E-state index contributed by atoms with van der Waals surface area (Å²) in [5, 5.41) is 21.3. The molecule has 0 saturated carbocycles. The molecule has 1 atom stereocenters. The van der Waals surface area contributed by atoms with E-state index < -0.39 is 27.9 Å². The van der Waals surface area contributed by atoms with E-state index in [1.807, 2.05) is 0 Å². The van der Waals surface area contributed by atoms with Crippen molar-refractivity contribution in [3.63, 3.8) is 0 Å². The number of nitro groups is 2. The lowest BCUT2D eigenvalue weighted by Crippen LogP contribution is -2.30. The molecule has 10 heteroatoms. The first-order valence-corrected chi connectivity index (χ1v) is 8.56. The van der Waals surface area contributed by atoms with Crippen LogP contribution in [0.4, 0.5) is 11.4 Å². The summed E-state index contributed by atoms with van der Waals surface area (Å²) in [6.45, 7) is 3.33. The molecule has 10 nitrogen and oxygen atoms in total. The second-order valence-corrected chi connectivity index (χ2v) is 6.39. The average molecular weight is 402 g/mol. The number of hydrogen-bond donors (Lipinski definition) is 0. The largest absolute Gasteiger partial charge is 0.458 e. The Labute approximate surface area is 165 Å². The molecule has 0 saturated heterocycles. The van der Waals surface area contributed by atoms with Crippen LogP contribution in [0.15, 0.2) is 48.5 Å². The van der Waals surface area contributed by atoms with E-state index in [1.54, 1.807) is 13.8 Å². The molecule has 0 heterocycles. The lowest BCUT2D eigenvalue weighted by atomic mass is 10.1. The van der Waals surface area contributed by atoms with E-state index in [9.17, 15) is 29.8 Å². The molecule has 0 aliphatic carbocycles.